The summed E-state index contributed by atoms with van der Waals surface area (Å²) in [5.74, 6) is 2.45. The van der Waals surface area contributed by atoms with Crippen LogP contribution >= 0.6 is 0 Å². The molecule has 1 heterocycles. The molecule has 2 aromatic rings. The number of aromatic nitrogens is 2. The van der Waals surface area contributed by atoms with Crippen molar-refractivity contribution in [3.05, 3.63) is 42.1 Å². The summed E-state index contributed by atoms with van der Waals surface area (Å²) in [4.78, 5) is 10.6. The summed E-state index contributed by atoms with van der Waals surface area (Å²) >= 11 is 0. The molecule has 5 nitrogen and oxygen atoms in total. The lowest BCUT2D eigenvalue weighted by Gasteiger charge is -2.12. The molecule has 0 saturated carbocycles. The first-order valence-electron chi connectivity index (χ1n) is 6.57. The molecule has 1 N–H and O–H groups in total. The van der Waals surface area contributed by atoms with Gasteiger partial charge in [-0.1, -0.05) is 18.2 Å². The minimum absolute atomic E-state index is 0.645. The van der Waals surface area contributed by atoms with E-state index >= 15 is 0 Å². The number of nitrogens with one attached hydrogen (secondary N) is 1. The summed E-state index contributed by atoms with van der Waals surface area (Å²) in [5.41, 5.74) is 1.17. The molecule has 0 atom stereocenters. The predicted molar refractivity (Wildman–Crippen MR) is 81.5 cm³/mol. The van der Waals surface area contributed by atoms with E-state index in [1.165, 1.54) is 5.56 Å². The number of rotatable bonds is 6. The molecule has 2 rings (SSSR count). The molecule has 106 valence electrons. The normalized spacial score (nSPS) is 10.2. The van der Waals surface area contributed by atoms with Crippen LogP contribution in [-0.2, 0) is 6.42 Å². The van der Waals surface area contributed by atoms with Crippen molar-refractivity contribution in [1.82, 2.24) is 9.97 Å². The van der Waals surface area contributed by atoms with Crippen molar-refractivity contribution in [1.29, 1.82) is 0 Å². The van der Waals surface area contributed by atoms with E-state index in [9.17, 15) is 0 Å². The molecule has 0 unspecified atom stereocenters. The maximum Gasteiger partial charge on any atom is 0.224 e. The highest BCUT2D eigenvalue weighted by Crippen LogP contribution is 2.17. The summed E-state index contributed by atoms with van der Waals surface area (Å²) in [6.45, 7) is 0.761. The number of anilines is 2. The van der Waals surface area contributed by atoms with Gasteiger partial charge in [-0.3, -0.25) is 0 Å². The zero-order valence-corrected chi connectivity index (χ0v) is 12.1. The summed E-state index contributed by atoms with van der Waals surface area (Å²) in [6, 6.07) is 9.90. The first-order chi connectivity index (χ1) is 9.70. The van der Waals surface area contributed by atoms with Crippen molar-refractivity contribution < 1.29 is 4.74 Å². The first-order valence-corrected chi connectivity index (χ1v) is 6.57. The molecule has 0 aliphatic heterocycles. The fraction of sp³-hybridized carbons (Fsp3) is 0.333. The summed E-state index contributed by atoms with van der Waals surface area (Å²) in [7, 11) is 5.61. The number of benzene rings is 1. The Hall–Kier alpha value is -2.30. The maximum absolute atomic E-state index is 5.33. The largest absolute Gasteiger partial charge is 0.496 e. The van der Waals surface area contributed by atoms with E-state index in [1.54, 1.807) is 13.3 Å². The fourth-order valence-electron chi connectivity index (χ4n) is 1.90. The van der Waals surface area contributed by atoms with Crippen LogP contribution in [0.2, 0.25) is 0 Å². The SMILES string of the molecule is COc1ccccc1CCNc1nccc(N(C)C)n1. The van der Waals surface area contributed by atoms with Gasteiger partial charge in [0.15, 0.2) is 0 Å². The minimum Gasteiger partial charge on any atom is -0.496 e. The molecule has 5 heteroatoms. The molecule has 0 fully saturated rings. The Morgan fingerprint density at radius 1 is 1.20 bits per heavy atom. The van der Waals surface area contributed by atoms with Crippen LogP contribution in [0.3, 0.4) is 0 Å². The van der Waals surface area contributed by atoms with E-state index in [0.717, 1.165) is 24.5 Å². The van der Waals surface area contributed by atoms with Gasteiger partial charge in [0, 0.05) is 26.8 Å². The third-order valence-corrected chi connectivity index (χ3v) is 2.97. The second-order valence-electron chi connectivity index (χ2n) is 4.62. The molecule has 20 heavy (non-hydrogen) atoms. The Morgan fingerprint density at radius 2 is 2.00 bits per heavy atom. The Labute approximate surface area is 119 Å². The van der Waals surface area contributed by atoms with E-state index in [4.69, 9.17) is 4.74 Å². The van der Waals surface area contributed by atoms with Gasteiger partial charge in [0.2, 0.25) is 5.95 Å². The molecular weight excluding hydrogens is 252 g/mol. The fourth-order valence-corrected chi connectivity index (χ4v) is 1.90. The average molecular weight is 272 g/mol. The monoisotopic (exact) mass is 272 g/mol. The second-order valence-corrected chi connectivity index (χ2v) is 4.62. The smallest absolute Gasteiger partial charge is 0.224 e. The van der Waals surface area contributed by atoms with Crippen LogP contribution in [0.15, 0.2) is 36.5 Å². The van der Waals surface area contributed by atoms with Gasteiger partial charge < -0.3 is 15.0 Å². The van der Waals surface area contributed by atoms with Crippen molar-refractivity contribution in [3.63, 3.8) is 0 Å². The predicted octanol–water partition coefficient (Wildman–Crippen LogP) is 2.21. The van der Waals surface area contributed by atoms with Gasteiger partial charge in [-0.2, -0.15) is 4.98 Å². The molecule has 1 aromatic carbocycles. The van der Waals surface area contributed by atoms with E-state index in [1.807, 2.05) is 43.3 Å². The van der Waals surface area contributed by atoms with Gasteiger partial charge >= 0.3 is 0 Å². The number of hydrogen-bond acceptors (Lipinski definition) is 5. The molecule has 0 bridgehead atoms. The Kier molecular flexibility index (Phi) is 4.76. The maximum atomic E-state index is 5.33. The number of nitrogens with zero attached hydrogens (tertiary/aromatic N) is 3. The lowest BCUT2D eigenvalue weighted by atomic mass is 10.1. The number of ether oxygens (including phenoxy) is 1. The van der Waals surface area contributed by atoms with Crippen molar-refractivity contribution in [2.24, 2.45) is 0 Å². The molecular formula is C15H20N4O. The van der Waals surface area contributed by atoms with Crippen LogP contribution in [0, 0.1) is 0 Å². The van der Waals surface area contributed by atoms with Crippen LogP contribution < -0.4 is 15.0 Å². The minimum atomic E-state index is 0.645. The summed E-state index contributed by atoms with van der Waals surface area (Å²) < 4.78 is 5.33. The Morgan fingerprint density at radius 3 is 2.75 bits per heavy atom. The van der Waals surface area contributed by atoms with Crippen molar-refractivity contribution in [3.8, 4) is 5.75 Å². The van der Waals surface area contributed by atoms with E-state index in [-0.39, 0.29) is 0 Å². The summed E-state index contributed by atoms with van der Waals surface area (Å²) in [6.07, 6.45) is 2.62. The topological polar surface area (TPSA) is 50.3 Å². The van der Waals surface area contributed by atoms with Crippen molar-refractivity contribution in [2.75, 3.05) is 38.0 Å². The van der Waals surface area contributed by atoms with Crippen molar-refractivity contribution in [2.45, 2.75) is 6.42 Å². The van der Waals surface area contributed by atoms with Gasteiger partial charge in [0.05, 0.1) is 7.11 Å². The molecule has 0 amide bonds. The highest BCUT2D eigenvalue weighted by Gasteiger charge is 2.03. The highest BCUT2D eigenvalue weighted by atomic mass is 16.5. The number of hydrogen-bond donors (Lipinski definition) is 1. The Bertz CT molecular complexity index is 557. The lowest BCUT2D eigenvalue weighted by Crippen LogP contribution is -2.13. The van der Waals surface area contributed by atoms with E-state index in [0.29, 0.717) is 5.95 Å². The van der Waals surface area contributed by atoms with Gasteiger partial charge in [-0.25, -0.2) is 4.98 Å². The highest BCUT2D eigenvalue weighted by molar-refractivity contribution is 5.41. The van der Waals surface area contributed by atoms with Gasteiger partial charge in [-0.15, -0.1) is 0 Å². The third-order valence-electron chi connectivity index (χ3n) is 2.97. The molecule has 0 spiro atoms. The average Bonchev–Trinajstić information content (AvgIpc) is 2.48. The molecule has 0 aliphatic carbocycles. The lowest BCUT2D eigenvalue weighted by molar-refractivity contribution is 0.410. The van der Waals surface area contributed by atoms with Gasteiger partial charge in [0.25, 0.3) is 0 Å². The quantitative estimate of drug-likeness (QED) is 0.873. The number of methoxy groups -OCH3 is 1. The third kappa shape index (κ3) is 3.60. The van der Waals surface area contributed by atoms with Crippen molar-refractivity contribution >= 4 is 11.8 Å². The van der Waals surface area contributed by atoms with Crippen LogP contribution in [-0.4, -0.2) is 37.7 Å². The van der Waals surface area contributed by atoms with Crippen LogP contribution in [0.25, 0.3) is 0 Å². The zero-order valence-electron chi connectivity index (χ0n) is 12.1. The van der Waals surface area contributed by atoms with Crippen LogP contribution in [0.5, 0.6) is 5.75 Å². The molecule has 0 aliphatic rings. The molecule has 0 saturated heterocycles. The van der Waals surface area contributed by atoms with E-state index in [2.05, 4.69) is 21.4 Å². The van der Waals surface area contributed by atoms with Gasteiger partial charge in [0.1, 0.15) is 11.6 Å². The van der Waals surface area contributed by atoms with Gasteiger partial charge in [-0.05, 0) is 24.1 Å². The standard InChI is InChI=1S/C15H20N4O/c1-19(2)14-9-11-17-15(18-14)16-10-8-12-6-4-5-7-13(12)20-3/h4-7,9,11H,8,10H2,1-3H3,(H,16,17,18). The van der Waals surface area contributed by atoms with Crippen LogP contribution in [0.4, 0.5) is 11.8 Å². The number of para-hydroxylation sites is 1. The second kappa shape index (κ2) is 6.75. The molecule has 1 aromatic heterocycles. The first kappa shape index (κ1) is 14.1. The van der Waals surface area contributed by atoms with E-state index < -0.39 is 0 Å². The summed E-state index contributed by atoms with van der Waals surface area (Å²) in [5, 5.41) is 3.24. The molecule has 0 radical (unpaired) electrons. The van der Waals surface area contributed by atoms with Crippen LogP contribution in [0.1, 0.15) is 5.56 Å². The zero-order chi connectivity index (χ0) is 14.4. The Balaban J connectivity index is 1.94.